The Hall–Kier alpha value is -8.58. The lowest BCUT2D eigenvalue weighted by molar-refractivity contribution is 1.10. The van der Waals surface area contributed by atoms with Gasteiger partial charge in [-0.15, -0.1) is 0 Å². The monoisotopic (exact) mass is 783 g/mol. The van der Waals surface area contributed by atoms with E-state index in [0.29, 0.717) is 16.9 Å². The molecule has 5 nitrogen and oxygen atoms in total. The van der Waals surface area contributed by atoms with Gasteiger partial charge in [0.05, 0.1) is 51.3 Å². The number of nitriles is 1. The first-order chi connectivity index (χ1) is 30.7. The van der Waals surface area contributed by atoms with E-state index >= 15 is 0 Å². The molecule has 14 rings (SSSR count). The van der Waals surface area contributed by atoms with Crippen molar-refractivity contribution in [3.63, 3.8) is 0 Å². The van der Waals surface area contributed by atoms with E-state index in [1.807, 2.05) is 12.1 Å². The molecular formula is C56H30BN5. The number of hydrogen-bond acceptors (Lipinski definition) is 1. The molecule has 0 saturated carbocycles. The number of fused-ring (bicyclic) bond motifs is 13. The number of nitrogens with zero attached hydrogens (tertiary/aromatic N) is 5. The van der Waals surface area contributed by atoms with E-state index in [-0.39, 0.29) is 6.71 Å². The average molecular weight is 784 g/mol. The molecule has 9 aromatic carbocycles. The van der Waals surface area contributed by atoms with E-state index in [0.717, 1.165) is 105 Å². The van der Waals surface area contributed by atoms with Crippen LogP contribution in [-0.2, 0) is 0 Å². The van der Waals surface area contributed by atoms with Gasteiger partial charge in [0.2, 0.25) is 5.69 Å². The molecule has 0 fully saturated rings. The minimum Gasteiger partial charge on any atom is -0.320 e. The summed E-state index contributed by atoms with van der Waals surface area (Å²) in [4.78, 5) is 4.58. The van der Waals surface area contributed by atoms with Gasteiger partial charge < -0.3 is 13.7 Å². The van der Waals surface area contributed by atoms with Crippen molar-refractivity contribution in [3.8, 4) is 45.4 Å². The van der Waals surface area contributed by atoms with Crippen molar-refractivity contribution in [2.24, 2.45) is 0 Å². The first-order valence-corrected chi connectivity index (χ1v) is 21.0. The van der Waals surface area contributed by atoms with E-state index in [9.17, 15) is 11.8 Å². The van der Waals surface area contributed by atoms with Crippen LogP contribution in [0.4, 0.5) is 5.69 Å². The zero-order valence-electron chi connectivity index (χ0n) is 33.1. The molecule has 2 aliphatic rings. The molecule has 0 amide bonds. The van der Waals surface area contributed by atoms with Crippen molar-refractivity contribution in [2.45, 2.75) is 0 Å². The third kappa shape index (κ3) is 4.06. The lowest BCUT2D eigenvalue weighted by atomic mass is 9.34. The fraction of sp³-hybridized carbons (Fsp3) is 0. The Balaban J connectivity index is 1.22. The second kappa shape index (κ2) is 12.0. The van der Waals surface area contributed by atoms with Gasteiger partial charge in [0.25, 0.3) is 6.71 Å². The number of benzene rings is 9. The van der Waals surface area contributed by atoms with Crippen LogP contribution in [0, 0.1) is 17.9 Å². The molecule has 12 aromatic rings. The Morgan fingerprint density at radius 1 is 0.419 bits per heavy atom. The standard InChI is InChI=1S/C56H30BN5/c1-59-51-55(60-48-28-26-35(33-14-4-2-5-15-33)30-41(48)42-31-36(27-29-49(42)60)34-16-6-3-7-17-34)43(32-58)54-50-56(51)62-47-25-11-9-19-38(47)40-21-13-23-45(53(40)62)57(50)44-22-12-20-39-37-18-8-10-24-46(37)61(54)52(39)44/h2-31H. The van der Waals surface area contributed by atoms with Crippen molar-refractivity contribution in [1.82, 2.24) is 13.7 Å². The Labute approximate surface area is 356 Å². The Bertz CT molecular complexity index is 3800. The summed E-state index contributed by atoms with van der Waals surface area (Å²) in [5, 5.41) is 18.6. The van der Waals surface area contributed by atoms with Crippen LogP contribution < -0.4 is 16.4 Å². The lowest BCUT2D eigenvalue weighted by Crippen LogP contribution is -2.59. The molecule has 0 saturated heterocycles. The van der Waals surface area contributed by atoms with Gasteiger partial charge in [0.1, 0.15) is 6.07 Å². The second-order valence-electron chi connectivity index (χ2n) is 16.6. The molecule has 0 spiro atoms. The summed E-state index contributed by atoms with van der Waals surface area (Å²) in [5.74, 6) is 0. The number of hydrogen-bond donors (Lipinski definition) is 0. The number of para-hydroxylation sites is 4. The largest absolute Gasteiger partial charge is 0.320 e. The van der Waals surface area contributed by atoms with Crippen LogP contribution in [0.25, 0.3) is 110 Å². The topological polar surface area (TPSA) is 42.9 Å². The third-order valence-electron chi connectivity index (χ3n) is 13.7. The van der Waals surface area contributed by atoms with Crippen molar-refractivity contribution in [3.05, 3.63) is 199 Å². The van der Waals surface area contributed by atoms with Gasteiger partial charge in [-0.1, -0.05) is 146 Å². The average Bonchev–Trinajstić information content (AvgIpc) is 3.98. The molecule has 0 atom stereocenters. The van der Waals surface area contributed by atoms with Crippen molar-refractivity contribution in [1.29, 1.82) is 5.26 Å². The van der Waals surface area contributed by atoms with Crippen LogP contribution in [0.1, 0.15) is 5.56 Å². The molecule has 0 radical (unpaired) electrons. The van der Waals surface area contributed by atoms with E-state index in [1.54, 1.807) is 0 Å². The second-order valence-corrected chi connectivity index (χ2v) is 16.6. The lowest BCUT2D eigenvalue weighted by Gasteiger charge is -2.36. The fourth-order valence-corrected chi connectivity index (χ4v) is 11.3. The van der Waals surface area contributed by atoms with Crippen LogP contribution in [0.5, 0.6) is 0 Å². The molecule has 0 N–H and O–H groups in total. The third-order valence-corrected chi connectivity index (χ3v) is 13.7. The highest BCUT2D eigenvalue weighted by Crippen LogP contribution is 2.48. The number of rotatable bonds is 3. The molecule has 0 bridgehead atoms. The first-order valence-electron chi connectivity index (χ1n) is 21.0. The maximum absolute atomic E-state index is 11.9. The van der Waals surface area contributed by atoms with Gasteiger partial charge in [-0.2, -0.15) is 5.26 Å². The van der Waals surface area contributed by atoms with Crippen LogP contribution in [0.15, 0.2) is 182 Å². The van der Waals surface area contributed by atoms with E-state index < -0.39 is 0 Å². The van der Waals surface area contributed by atoms with Crippen molar-refractivity contribution < 1.29 is 0 Å². The van der Waals surface area contributed by atoms with Gasteiger partial charge in [-0.25, -0.2) is 4.85 Å². The van der Waals surface area contributed by atoms with Crippen LogP contribution in [0.3, 0.4) is 0 Å². The number of aromatic nitrogens is 3. The summed E-state index contributed by atoms with van der Waals surface area (Å²) in [7, 11) is 0. The molecule has 2 aliphatic heterocycles. The molecule has 5 heterocycles. The smallest absolute Gasteiger partial charge is 0.250 e. The Kier molecular flexibility index (Phi) is 6.45. The van der Waals surface area contributed by atoms with Crippen LogP contribution >= 0.6 is 0 Å². The molecule has 0 unspecified atom stereocenters. The summed E-state index contributed by atoms with van der Waals surface area (Å²) >= 11 is 0. The SMILES string of the molecule is [C-]#[N+]c1c(-n2c3ccc(-c4ccccc4)cc3c3cc(-c4ccccc4)ccc32)c(C#N)c2c3c1-n1c4ccccc4c4cccc(c41)B3c1cccc3c4ccccc4n-2c13. The van der Waals surface area contributed by atoms with Gasteiger partial charge in [0.15, 0.2) is 0 Å². The van der Waals surface area contributed by atoms with Gasteiger partial charge in [-0.05, 0) is 75.0 Å². The van der Waals surface area contributed by atoms with Crippen molar-refractivity contribution in [2.75, 3.05) is 0 Å². The Morgan fingerprint density at radius 3 is 1.40 bits per heavy atom. The minimum atomic E-state index is -0.206. The van der Waals surface area contributed by atoms with Crippen molar-refractivity contribution >= 4 is 94.2 Å². The molecule has 3 aromatic heterocycles. The van der Waals surface area contributed by atoms with Gasteiger partial charge in [-0.3, -0.25) is 0 Å². The zero-order valence-corrected chi connectivity index (χ0v) is 33.1. The molecule has 6 heteroatoms. The predicted molar refractivity (Wildman–Crippen MR) is 256 cm³/mol. The zero-order chi connectivity index (χ0) is 40.8. The van der Waals surface area contributed by atoms with Gasteiger partial charge in [0, 0.05) is 43.4 Å². The van der Waals surface area contributed by atoms with E-state index in [2.05, 4.69) is 194 Å². The molecular weight excluding hydrogens is 753 g/mol. The van der Waals surface area contributed by atoms with Crippen LogP contribution in [0.2, 0.25) is 0 Å². The highest BCUT2D eigenvalue weighted by molar-refractivity contribution is 7.00. The maximum Gasteiger partial charge on any atom is 0.250 e. The maximum atomic E-state index is 11.9. The summed E-state index contributed by atoms with van der Waals surface area (Å²) in [6.07, 6.45) is 0. The summed E-state index contributed by atoms with van der Waals surface area (Å²) in [6, 6.07) is 67.4. The Morgan fingerprint density at radius 2 is 0.887 bits per heavy atom. The highest BCUT2D eigenvalue weighted by atomic mass is 15.1. The minimum absolute atomic E-state index is 0.206. The quantitative estimate of drug-likeness (QED) is 0.130. The van der Waals surface area contributed by atoms with Gasteiger partial charge >= 0.3 is 0 Å². The molecule has 0 aliphatic carbocycles. The normalized spacial score (nSPS) is 12.5. The van der Waals surface area contributed by atoms with Crippen LogP contribution in [-0.4, -0.2) is 20.4 Å². The molecule has 62 heavy (non-hydrogen) atoms. The molecule has 282 valence electrons. The fourth-order valence-electron chi connectivity index (χ4n) is 11.3. The summed E-state index contributed by atoms with van der Waals surface area (Å²) in [5.41, 5.74) is 17.2. The highest BCUT2D eigenvalue weighted by Gasteiger charge is 2.44. The van der Waals surface area contributed by atoms with E-state index in [1.165, 1.54) is 10.9 Å². The first kappa shape index (κ1) is 33.3. The van der Waals surface area contributed by atoms with E-state index in [4.69, 9.17) is 0 Å². The summed E-state index contributed by atoms with van der Waals surface area (Å²) < 4.78 is 6.91. The predicted octanol–water partition coefficient (Wildman–Crippen LogP) is 11.9. The summed E-state index contributed by atoms with van der Waals surface area (Å²) in [6.45, 7) is 9.09.